The van der Waals surface area contributed by atoms with Gasteiger partial charge < -0.3 is 19.8 Å². The fourth-order valence-corrected chi connectivity index (χ4v) is 3.47. The largest absolute Gasteiger partial charge is 0.420 e. The summed E-state index contributed by atoms with van der Waals surface area (Å²) in [6.07, 6.45) is 0. The molecule has 14 heteroatoms. The molecule has 3 rings (SSSR count). The van der Waals surface area contributed by atoms with Crippen LogP contribution < -0.4 is 27.6 Å². The molecule has 34 heavy (non-hydrogen) atoms. The molecule has 0 aliphatic rings. The van der Waals surface area contributed by atoms with Crippen LogP contribution >= 0.6 is 0 Å². The van der Waals surface area contributed by atoms with Crippen LogP contribution in [-0.2, 0) is 22.6 Å². The van der Waals surface area contributed by atoms with Crippen molar-refractivity contribution in [2.24, 2.45) is 5.92 Å². The lowest BCUT2D eigenvalue weighted by Crippen LogP contribution is -2.44. The first kappa shape index (κ1) is 24.4. The van der Waals surface area contributed by atoms with Crippen LogP contribution in [0.2, 0.25) is 0 Å². The van der Waals surface area contributed by atoms with E-state index >= 15 is 0 Å². The Kier molecular flexibility index (Phi) is 7.00. The Morgan fingerprint density at radius 1 is 1.29 bits per heavy atom. The van der Waals surface area contributed by atoms with Gasteiger partial charge in [0.15, 0.2) is 11.3 Å². The van der Waals surface area contributed by atoms with E-state index in [1.165, 1.54) is 19.2 Å². The number of benzene rings is 1. The van der Waals surface area contributed by atoms with Crippen LogP contribution in [0.4, 0.5) is 17.2 Å². The van der Waals surface area contributed by atoms with Crippen LogP contribution in [0.25, 0.3) is 11.1 Å². The number of nitrogens with one attached hydrogen (secondary N) is 1. The topological polar surface area (TPSA) is 189 Å². The summed E-state index contributed by atoms with van der Waals surface area (Å²) in [5.74, 6) is -1.82. The highest BCUT2D eigenvalue weighted by Crippen LogP contribution is 2.22. The molecule has 2 heterocycles. The van der Waals surface area contributed by atoms with E-state index < -0.39 is 34.4 Å². The van der Waals surface area contributed by atoms with Crippen molar-refractivity contribution in [3.8, 4) is 0 Å². The summed E-state index contributed by atoms with van der Waals surface area (Å²) in [5, 5.41) is 11.0. The summed E-state index contributed by atoms with van der Waals surface area (Å²) in [4.78, 5) is 64.1. The molecule has 182 valence electrons. The van der Waals surface area contributed by atoms with E-state index in [1.807, 2.05) is 13.8 Å². The number of anilines is 2. The van der Waals surface area contributed by atoms with E-state index in [9.17, 15) is 29.3 Å². The van der Waals surface area contributed by atoms with Crippen LogP contribution in [0, 0.1) is 16.0 Å². The van der Waals surface area contributed by atoms with E-state index in [4.69, 9.17) is 14.9 Å². The zero-order valence-corrected chi connectivity index (χ0v) is 18.8. The number of H-pyrrole nitrogens is 1. The number of ether oxygens (including phenoxy) is 1. The molecule has 0 bridgehead atoms. The maximum atomic E-state index is 13.3. The number of oxazole rings is 1. The monoisotopic (exact) mass is 476 g/mol. The minimum atomic E-state index is -0.915. The number of aromatic nitrogens is 3. The second-order valence-electron chi connectivity index (χ2n) is 7.90. The third kappa shape index (κ3) is 4.76. The predicted octanol–water partition coefficient (Wildman–Crippen LogP) is 0.271. The van der Waals surface area contributed by atoms with Crippen molar-refractivity contribution >= 4 is 34.2 Å². The first-order valence-electron chi connectivity index (χ1n) is 10.2. The maximum absolute atomic E-state index is 13.3. The number of nitro groups is 1. The Morgan fingerprint density at radius 3 is 2.62 bits per heavy atom. The van der Waals surface area contributed by atoms with Gasteiger partial charge in [0.1, 0.15) is 12.4 Å². The second kappa shape index (κ2) is 9.74. The summed E-state index contributed by atoms with van der Waals surface area (Å²) in [6, 6.07) is 3.53. The van der Waals surface area contributed by atoms with Gasteiger partial charge in [-0.15, -0.1) is 0 Å². The van der Waals surface area contributed by atoms with E-state index in [2.05, 4.69) is 4.98 Å². The number of fused-ring (bicyclic) bond motifs is 1. The molecule has 1 aromatic carbocycles. The van der Waals surface area contributed by atoms with Crippen LogP contribution in [0.15, 0.2) is 37.0 Å². The fourth-order valence-electron chi connectivity index (χ4n) is 3.47. The highest BCUT2D eigenvalue weighted by Gasteiger charge is 2.26. The quantitative estimate of drug-likeness (QED) is 0.322. The van der Waals surface area contributed by atoms with Gasteiger partial charge in [0.05, 0.1) is 23.1 Å². The summed E-state index contributed by atoms with van der Waals surface area (Å²) in [5.41, 5.74) is 4.11. The molecule has 1 amide bonds. The van der Waals surface area contributed by atoms with E-state index in [0.29, 0.717) is 0 Å². The standard InChI is InChI=1S/C20H24N6O8/c1-11(2)9-25-17(21)16(18(28)22-19(25)29)23(6-7-33-3)15(27)10-24-13-5-4-12(26(31)32)8-14(13)34-20(24)30/h4-5,8,11H,6-7,9-10,21H2,1-3H3,(H,22,28,29). The van der Waals surface area contributed by atoms with Crippen molar-refractivity contribution in [3.63, 3.8) is 0 Å². The number of methoxy groups -OCH3 is 1. The Bertz CT molecular complexity index is 1410. The van der Waals surface area contributed by atoms with Crippen LogP contribution in [0.1, 0.15) is 13.8 Å². The van der Waals surface area contributed by atoms with Gasteiger partial charge in [0.2, 0.25) is 5.91 Å². The van der Waals surface area contributed by atoms with E-state index in [0.717, 1.165) is 20.1 Å². The number of nitrogens with two attached hydrogens (primary N) is 1. The molecule has 0 spiro atoms. The summed E-state index contributed by atoms with van der Waals surface area (Å²) in [6.45, 7) is 3.27. The number of non-ortho nitro benzene ring substituents is 1. The van der Waals surface area contributed by atoms with Crippen molar-refractivity contribution in [3.05, 3.63) is 59.7 Å². The molecule has 3 N–H and O–H groups in total. The number of hydrogen-bond donors (Lipinski definition) is 2. The van der Waals surface area contributed by atoms with Gasteiger partial charge in [0, 0.05) is 26.3 Å². The molecule has 14 nitrogen and oxygen atoms in total. The number of carbonyl (C=O) groups excluding carboxylic acids is 1. The Hall–Kier alpha value is -4.20. The summed E-state index contributed by atoms with van der Waals surface area (Å²) in [7, 11) is 1.40. The Labute approximate surface area is 191 Å². The lowest BCUT2D eigenvalue weighted by atomic mass is 10.2. The molecule has 0 radical (unpaired) electrons. The molecule has 3 aromatic rings. The van der Waals surface area contributed by atoms with Crippen molar-refractivity contribution in [2.45, 2.75) is 26.9 Å². The molecule has 0 atom stereocenters. The average molecular weight is 476 g/mol. The first-order valence-corrected chi connectivity index (χ1v) is 10.2. The van der Waals surface area contributed by atoms with Crippen LogP contribution in [0.3, 0.4) is 0 Å². The van der Waals surface area contributed by atoms with Crippen molar-refractivity contribution < 1.29 is 18.9 Å². The molecule has 0 aliphatic heterocycles. The number of nitro benzene ring substituents is 1. The highest BCUT2D eigenvalue weighted by molar-refractivity contribution is 5.96. The SMILES string of the molecule is COCCN(C(=O)Cn1c(=O)oc2cc([N+](=O)[O-])ccc21)c1c(N)n(CC(C)C)c(=O)[nH]c1=O. The van der Waals surface area contributed by atoms with Gasteiger partial charge in [-0.05, 0) is 12.0 Å². The Morgan fingerprint density at radius 2 is 2.00 bits per heavy atom. The molecule has 0 saturated heterocycles. The number of aromatic amines is 1. The first-order chi connectivity index (χ1) is 16.0. The predicted molar refractivity (Wildman–Crippen MR) is 122 cm³/mol. The van der Waals surface area contributed by atoms with Gasteiger partial charge in [0.25, 0.3) is 11.2 Å². The van der Waals surface area contributed by atoms with Gasteiger partial charge >= 0.3 is 11.4 Å². The lowest BCUT2D eigenvalue weighted by molar-refractivity contribution is -0.384. The highest BCUT2D eigenvalue weighted by atomic mass is 16.6. The fraction of sp³-hybridized carbons (Fsp3) is 0.400. The van der Waals surface area contributed by atoms with Crippen molar-refractivity contribution in [1.82, 2.24) is 14.1 Å². The number of hydrogen-bond acceptors (Lipinski definition) is 9. The second-order valence-corrected chi connectivity index (χ2v) is 7.90. The average Bonchev–Trinajstić information content (AvgIpc) is 3.07. The molecule has 0 unspecified atom stereocenters. The number of amides is 1. The van der Waals surface area contributed by atoms with Gasteiger partial charge in [-0.1, -0.05) is 13.8 Å². The lowest BCUT2D eigenvalue weighted by Gasteiger charge is -2.24. The van der Waals surface area contributed by atoms with Gasteiger partial charge in [-0.3, -0.25) is 33.8 Å². The van der Waals surface area contributed by atoms with Crippen LogP contribution in [-0.4, -0.2) is 45.2 Å². The summed E-state index contributed by atoms with van der Waals surface area (Å²) < 4.78 is 12.2. The number of carbonyl (C=O) groups is 1. The molecular formula is C20H24N6O8. The van der Waals surface area contributed by atoms with Crippen molar-refractivity contribution in [1.29, 1.82) is 0 Å². The molecule has 0 aliphatic carbocycles. The Balaban J connectivity index is 2.07. The number of rotatable bonds is 9. The van der Waals surface area contributed by atoms with Gasteiger partial charge in [-0.25, -0.2) is 9.59 Å². The van der Waals surface area contributed by atoms with E-state index in [1.54, 1.807) is 0 Å². The molecule has 0 saturated carbocycles. The normalized spacial score (nSPS) is 11.3. The zero-order valence-electron chi connectivity index (χ0n) is 18.8. The minimum absolute atomic E-state index is 0.0156. The number of nitrogens with zero attached hydrogens (tertiary/aromatic N) is 4. The van der Waals surface area contributed by atoms with Crippen LogP contribution in [0.5, 0.6) is 0 Å². The maximum Gasteiger partial charge on any atom is 0.420 e. The molecule has 0 fully saturated rings. The smallest absolute Gasteiger partial charge is 0.407 e. The van der Waals surface area contributed by atoms with Gasteiger partial charge in [-0.2, -0.15) is 0 Å². The zero-order chi connectivity index (χ0) is 25.2. The third-order valence-electron chi connectivity index (χ3n) is 5.01. The van der Waals surface area contributed by atoms with Crippen molar-refractivity contribution in [2.75, 3.05) is 30.9 Å². The summed E-state index contributed by atoms with van der Waals surface area (Å²) >= 11 is 0. The number of nitrogen functional groups attached to an aromatic ring is 1. The van der Waals surface area contributed by atoms with E-state index in [-0.39, 0.29) is 53.9 Å². The third-order valence-corrected chi connectivity index (χ3v) is 5.01. The molecular weight excluding hydrogens is 452 g/mol. The minimum Gasteiger partial charge on any atom is -0.407 e. The molecule has 2 aromatic heterocycles.